The zero-order valence-electron chi connectivity index (χ0n) is 10.3. The van der Waals surface area contributed by atoms with E-state index in [9.17, 15) is 9.59 Å². The first-order chi connectivity index (χ1) is 9.11. The van der Waals surface area contributed by atoms with E-state index < -0.39 is 0 Å². The molecule has 0 saturated heterocycles. The molecule has 1 aromatic heterocycles. The third-order valence-corrected chi connectivity index (χ3v) is 3.05. The smallest absolute Gasteiger partial charge is 0.250 e. The largest absolute Gasteiger partial charge is 0.372 e. The first-order valence-corrected chi connectivity index (χ1v) is 6.59. The monoisotopic (exact) mass is 324 g/mol. The van der Waals surface area contributed by atoms with E-state index >= 15 is 0 Å². The Morgan fingerprint density at radius 2 is 2.26 bits per heavy atom. The predicted octanol–water partition coefficient (Wildman–Crippen LogP) is 2.27. The molecule has 0 atom stereocenters. The van der Waals surface area contributed by atoms with Gasteiger partial charge < -0.3 is 15.0 Å². The highest BCUT2D eigenvalue weighted by Gasteiger charge is 2.08. The molecule has 2 aromatic rings. The van der Waals surface area contributed by atoms with Crippen LogP contribution in [0.5, 0.6) is 0 Å². The fourth-order valence-electron chi connectivity index (χ4n) is 1.67. The number of amides is 1. The maximum Gasteiger partial charge on any atom is 0.250 e. The van der Waals surface area contributed by atoms with Gasteiger partial charge in [0.25, 0.3) is 5.91 Å². The van der Waals surface area contributed by atoms with E-state index in [4.69, 9.17) is 4.74 Å². The van der Waals surface area contributed by atoms with E-state index in [1.54, 1.807) is 19.1 Å². The highest BCUT2D eigenvalue weighted by atomic mass is 79.9. The second kappa shape index (κ2) is 5.99. The second-order valence-corrected chi connectivity index (χ2v) is 4.82. The molecule has 1 heterocycles. The zero-order valence-corrected chi connectivity index (χ0v) is 11.9. The van der Waals surface area contributed by atoms with Gasteiger partial charge in [-0.25, -0.2) is 0 Å². The third kappa shape index (κ3) is 3.21. The van der Waals surface area contributed by atoms with Crippen LogP contribution < -0.4 is 10.7 Å². The van der Waals surface area contributed by atoms with E-state index in [2.05, 4.69) is 26.2 Å². The third-order valence-electron chi connectivity index (χ3n) is 2.55. The molecule has 19 heavy (non-hydrogen) atoms. The number of aromatic nitrogens is 1. The van der Waals surface area contributed by atoms with Crippen molar-refractivity contribution in [1.82, 2.24) is 4.98 Å². The number of fused-ring (bicyclic) bond motifs is 1. The van der Waals surface area contributed by atoms with Crippen LogP contribution in [0.4, 0.5) is 5.69 Å². The molecular weight excluding hydrogens is 312 g/mol. The summed E-state index contributed by atoms with van der Waals surface area (Å²) in [4.78, 5) is 26.7. The summed E-state index contributed by atoms with van der Waals surface area (Å²) in [7, 11) is 0. The maximum atomic E-state index is 12.2. The molecule has 0 saturated carbocycles. The van der Waals surface area contributed by atoms with Crippen LogP contribution in [0.2, 0.25) is 0 Å². The molecule has 1 aromatic carbocycles. The van der Waals surface area contributed by atoms with Crippen LogP contribution in [0, 0.1) is 0 Å². The van der Waals surface area contributed by atoms with Crippen LogP contribution >= 0.6 is 15.9 Å². The summed E-state index contributed by atoms with van der Waals surface area (Å²) in [6, 6.07) is 5.29. The Morgan fingerprint density at radius 1 is 1.47 bits per heavy atom. The number of rotatable bonds is 4. The fraction of sp³-hybridized carbons (Fsp3) is 0.231. The highest BCUT2D eigenvalue weighted by Crippen LogP contribution is 2.16. The van der Waals surface area contributed by atoms with Crippen LogP contribution in [0.25, 0.3) is 10.9 Å². The van der Waals surface area contributed by atoms with Crippen molar-refractivity contribution >= 4 is 38.4 Å². The number of carbonyl (C=O) groups excluding carboxylic acids is 1. The Morgan fingerprint density at radius 3 is 3.00 bits per heavy atom. The molecule has 1 amide bonds. The summed E-state index contributed by atoms with van der Waals surface area (Å²) in [5, 5.41) is 3.06. The summed E-state index contributed by atoms with van der Waals surface area (Å²) in [6.07, 6.45) is 1.49. The van der Waals surface area contributed by atoms with Gasteiger partial charge in [-0.05, 0) is 25.1 Å². The number of pyridine rings is 1. The van der Waals surface area contributed by atoms with Crippen molar-refractivity contribution in [2.45, 2.75) is 6.92 Å². The molecule has 0 bridgehead atoms. The van der Waals surface area contributed by atoms with E-state index in [0.29, 0.717) is 17.5 Å². The molecule has 0 aliphatic rings. The topological polar surface area (TPSA) is 71.2 Å². The number of halogens is 1. The minimum atomic E-state index is -0.344. The second-order valence-electron chi connectivity index (χ2n) is 3.91. The lowest BCUT2D eigenvalue weighted by atomic mass is 10.2. The molecular formula is C13H13BrN2O3. The van der Waals surface area contributed by atoms with Gasteiger partial charge in [0.15, 0.2) is 0 Å². The van der Waals surface area contributed by atoms with E-state index in [1.165, 1.54) is 6.20 Å². The predicted molar refractivity (Wildman–Crippen MR) is 77.4 cm³/mol. The van der Waals surface area contributed by atoms with Crippen LogP contribution in [-0.4, -0.2) is 24.1 Å². The number of carbonyl (C=O) groups is 1. The van der Waals surface area contributed by atoms with Crippen molar-refractivity contribution in [1.29, 1.82) is 0 Å². The lowest BCUT2D eigenvalue weighted by molar-refractivity contribution is -0.120. The number of ether oxygens (including phenoxy) is 1. The molecule has 6 heteroatoms. The van der Waals surface area contributed by atoms with Gasteiger partial charge in [0.05, 0.1) is 5.52 Å². The summed E-state index contributed by atoms with van der Waals surface area (Å²) in [5.41, 5.74) is 0.716. The molecule has 0 fully saturated rings. The lowest BCUT2D eigenvalue weighted by Gasteiger charge is -2.06. The summed E-state index contributed by atoms with van der Waals surface area (Å²) < 4.78 is 5.86. The molecule has 0 unspecified atom stereocenters. The summed E-state index contributed by atoms with van der Waals surface area (Å²) >= 11 is 3.34. The Bertz CT molecular complexity index is 666. The van der Waals surface area contributed by atoms with Gasteiger partial charge in [-0.2, -0.15) is 0 Å². The Balaban J connectivity index is 2.30. The van der Waals surface area contributed by atoms with Crippen molar-refractivity contribution in [3.63, 3.8) is 0 Å². The minimum Gasteiger partial charge on any atom is -0.372 e. The number of H-pyrrole nitrogens is 1. The molecule has 0 radical (unpaired) electrons. The zero-order chi connectivity index (χ0) is 13.8. The van der Waals surface area contributed by atoms with Gasteiger partial charge >= 0.3 is 0 Å². The van der Waals surface area contributed by atoms with Crippen LogP contribution in [-0.2, 0) is 9.53 Å². The van der Waals surface area contributed by atoms with Gasteiger partial charge in [-0.15, -0.1) is 0 Å². The maximum absolute atomic E-state index is 12.2. The van der Waals surface area contributed by atoms with Gasteiger partial charge in [0.1, 0.15) is 12.3 Å². The minimum absolute atomic E-state index is 0.0612. The highest BCUT2D eigenvalue weighted by molar-refractivity contribution is 9.10. The van der Waals surface area contributed by atoms with Crippen LogP contribution in [0.15, 0.2) is 33.7 Å². The van der Waals surface area contributed by atoms with Gasteiger partial charge in [0.2, 0.25) is 5.43 Å². The molecule has 2 rings (SSSR count). The van der Waals surface area contributed by atoms with Crippen molar-refractivity contribution in [3.8, 4) is 0 Å². The first kappa shape index (κ1) is 13.8. The summed E-state index contributed by atoms with van der Waals surface area (Å²) in [6.45, 7) is 2.19. The first-order valence-electron chi connectivity index (χ1n) is 5.80. The lowest BCUT2D eigenvalue weighted by Crippen LogP contribution is -2.22. The number of hydrogen-bond donors (Lipinski definition) is 2. The van der Waals surface area contributed by atoms with Crippen molar-refractivity contribution in [2.24, 2.45) is 0 Å². The fourth-order valence-corrected chi connectivity index (χ4v) is 2.03. The van der Waals surface area contributed by atoms with E-state index in [0.717, 1.165) is 4.47 Å². The number of nitrogens with one attached hydrogen (secondary N) is 2. The summed E-state index contributed by atoms with van der Waals surface area (Å²) in [5.74, 6) is -0.344. The average Bonchev–Trinajstić information content (AvgIpc) is 2.39. The van der Waals surface area contributed by atoms with Gasteiger partial charge in [0, 0.05) is 22.7 Å². The number of benzene rings is 1. The Kier molecular flexibility index (Phi) is 4.34. The Labute approximate surface area is 118 Å². The van der Waals surface area contributed by atoms with E-state index in [1.807, 2.05) is 6.07 Å². The average molecular weight is 325 g/mol. The van der Waals surface area contributed by atoms with Crippen LogP contribution in [0.1, 0.15) is 6.92 Å². The van der Waals surface area contributed by atoms with Crippen molar-refractivity contribution in [2.75, 3.05) is 18.5 Å². The Hall–Kier alpha value is -1.66. The van der Waals surface area contributed by atoms with Crippen molar-refractivity contribution < 1.29 is 9.53 Å². The molecule has 2 N–H and O–H groups in total. The molecule has 0 aliphatic carbocycles. The molecule has 5 nitrogen and oxygen atoms in total. The molecule has 100 valence electrons. The SMILES string of the molecule is CCOCC(=O)Nc1c[nH]c2cc(Br)ccc2c1=O. The molecule has 0 aliphatic heterocycles. The quantitative estimate of drug-likeness (QED) is 0.906. The molecule has 0 spiro atoms. The van der Waals surface area contributed by atoms with Gasteiger partial charge in [-0.3, -0.25) is 9.59 Å². The number of aromatic amines is 1. The van der Waals surface area contributed by atoms with Gasteiger partial charge in [-0.1, -0.05) is 15.9 Å². The van der Waals surface area contributed by atoms with E-state index in [-0.39, 0.29) is 23.6 Å². The number of hydrogen-bond acceptors (Lipinski definition) is 3. The number of anilines is 1. The van der Waals surface area contributed by atoms with Crippen molar-refractivity contribution in [3.05, 3.63) is 39.1 Å². The standard InChI is InChI=1S/C13H13BrN2O3/c1-2-19-7-12(17)16-11-6-15-10-5-8(14)3-4-9(10)13(11)18/h3-6H,2,7H2,1H3,(H,15,18)(H,16,17). The normalized spacial score (nSPS) is 10.6. The van der Waals surface area contributed by atoms with Crippen LogP contribution in [0.3, 0.4) is 0 Å².